The third kappa shape index (κ3) is 7.70. The normalized spacial score (nSPS) is 13.9. The van der Waals surface area contributed by atoms with Crippen LogP contribution in [0.1, 0.15) is 53.6 Å². The molecule has 1 fully saturated rings. The van der Waals surface area contributed by atoms with Crippen molar-refractivity contribution in [2.75, 3.05) is 36.5 Å². The van der Waals surface area contributed by atoms with Gasteiger partial charge < -0.3 is 19.9 Å². The molecule has 1 aliphatic heterocycles. The van der Waals surface area contributed by atoms with Gasteiger partial charge in [0, 0.05) is 31.0 Å². The summed E-state index contributed by atoms with van der Waals surface area (Å²) in [4.78, 5) is 32.4. The molecule has 6 nitrogen and oxygen atoms in total. The Bertz CT molecular complexity index is 1490. The Balaban J connectivity index is 1.49. The molecule has 4 aromatic rings. The minimum absolute atomic E-state index is 0.106. The Hall–Kier alpha value is -4.42. The van der Waals surface area contributed by atoms with Crippen molar-refractivity contribution < 1.29 is 14.3 Å². The summed E-state index contributed by atoms with van der Waals surface area (Å²) in [6.45, 7) is 9.76. The Labute approximate surface area is 255 Å². The number of hydrogen-bond donors (Lipinski definition) is 1. The molecule has 0 saturated carbocycles. The van der Waals surface area contributed by atoms with Gasteiger partial charge in [0.05, 0.1) is 19.6 Å². The molecule has 4 aromatic carbocycles. The van der Waals surface area contributed by atoms with E-state index in [4.69, 9.17) is 4.74 Å². The first-order chi connectivity index (χ1) is 20.9. The van der Waals surface area contributed by atoms with Crippen LogP contribution in [0.25, 0.3) is 0 Å². The third-order valence-corrected chi connectivity index (χ3v) is 8.11. The van der Waals surface area contributed by atoms with Crippen LogP contribution in [-0.4, -0.2) is 43.0 Å². The zero-order valence-corrected chi connectivity index (χ0v) is 25.3. The van der Waals surface area contributed by atoms with E-state index < -0.39 is 6.04 Å². The lowest BCUT2D eigenvalue weighted by atomic mass is 9.96. The van der Waals surface area contributed by atoms with Crippen molar-refractivity contribution in [3.8, 4) is 0 Å². The molecule has 0 radical (unpaired) electrons. The number of hydrogen-bond acceptors (Lipinski definition) is 4. The Kier molecular flexibility index (Phi) is 9.90. The number of carbonyl (C=O) groups is 2. The fourth-order valence-electron chi connectivity index (χ4n) is 5.49. The van der Waals surface area contributed by atoms with Gasteiger partial charge >= 0.3 is 0 Å². The maximum Gasteiger partial charge on any atom is 0.251 e. The van der Waals surface area contributed by atoms with Crippen LogP contribution in [-0.2, 0) is 27.3 Å². The Morgan fingerprint density at radius 3 is 2.09 bits per heavy atom. The highest BCUT2D eigenvalue weighted by Gasteiger charge is 2.32. The number of nitrogens with one attached hydrogen (secondary N) is 1. The van der Waals surface area contributed by atoms with Gasteiger partial charge in [0.1, 0.15) is 6.04 Å². The number of carbonyl (C=O) groups excluding carboxylic acids is 2. The number of morpholine rings is 1. The minimum Gasteiger partial charge on any atom is -0.378 e. The zero-order valence-electron chi connectivity index (χ0n) is 25.3. The predicted octanol–water partition coefficient (Wildman–Crippen LogP) is 6.91. The van der Waals surface area contributed by atoms with Crippen LogP contribution in [0.4, 0.5) is 11.4 Å². The highest BCUT2D eigenvalue weighted by Crippen LogP contribution is 2.29. The molecule has 1 atom stereocenters. The summed E-state index contributed by atoms with van der Waals surface area (Å²) in [5, 5.41) is 3.13. The molecular formula is C37H41N3O3. The van der Waals surface area contributed by atoms with Crippen molar-refractivity contribution >= 4 is 23.2 Å². The van der Waals surface area contributed by atoms with Crippen molar-refractivity contribution in [1.82, 2.24) is 4.90 Å². The van der Waals surface area contributed by atoms with Crippen LogP contribution in [0.5, 0.6) is 0 Å². The highest BCUT2D eigenvalue weighted by atomic mass is 16.5. The van der Waals surface area contributed by atoms with Crippen LogP contribution in [0, 0.1) is 6.92 Å². The van der Waals surface area contributed by atoms with Gasteiger partial charge in [-0.25, -0.2) is 0 Å². The molecule has 222 valence electrons. The summed E-state index contributed by atoms with van der Waals surface area (Å²) in [6.07, 6.45) is 0.203. The second-order valence-corrected chi connectivity index (χ2v) is 11.5. The molecule has 0 spiro atoms. The first-order valence-corrected chi connectivity index (χ1v) is 15.1. The second kappa shape index (κ2) is 14.2. The molecule has 5 rings (SSSR count). The summed E-state index contributed by atoms with van der Waals surface area (Å²) in [5.74, 6) is 0.00529. The van der Waals surface area contributed by atoms with Gasteiger partial charge in [-0.2, -0.15) is 0 Å². The zero-order chi connectivity index (χ0) is 30.2. The van der Waals surface area contributed by atoms with Gasteiger partial charge in [0.15, 0.2) is 0 Å². The number of anilines is 2. The number of benzene rings is 4. The Morgan fingerprint density at radius 2 is 1.44 bits per heavy atom. The second-order valence-electron chi connectivity index (χ2n) is 11.5. The van der Waals surface area contributed by atoms with Crippen LogP contribution < -0.4 is 10.2 Å². The number of ether oxygens (including phenoxy) is 1. The monoisotopic (exact) mass is 575 g/mol. The molecule has 1 N–H and O–H groups in total. The van der Waals surface area contributed by atoms with E-state index in [-0.39, 0.29) is 18.2 Å². The predicted molar refractivity (Wildman–Crippen MR) is 173 cm³/mol. The first kappa shape index (κ1) is 30.1. The standard InChI is InChI=1S/C37H41N3O3/c1-27(2)30-13-15-31(16-14-30)36(37(42)38-33-17-19-34(20-18-33)39-21-23-43-24-22-39)40(26-32-12-8-7-9-28(32)3)35(41)25-29-10-5-4-6-11-29/h4-20,27,36H,21-26H2,1-3H3,(H,38,42). The average molecular weight is 576 g/mol. The van der Waals surface area contributed by atoms with Crippen molar-refractivity contribution in [1.29, 1.82) is 0 Å². The highest BCUT2D eigenvalue weighted by molar-refractivity contribution is 5.98. The summed E-state index contributed by atoms with van der Waals surface area (Å²) in [7, 11) is 0. The van der Waals surface area contributed by atoms with E-state index in [9.17, 15) is 9.59 Å². The lowest BCUT2D eigenvalue weighted by Gasteiger charge is -2.32. The van der Waals surface area contributed by atoms with Gasteiger partial charge in [0.25, 0.3) is 5.91 Å². The van der Waals surface area contributed by atoms with E-state index in [0.29, 0.717) is 31.4 Å². The van der Waals surface area contributed by atoms with E-state index in [1.807, 2.05) is 97.9 Å². The van der Waals surface area contributed by atoms with E-state index in [1.54, 1.807) is 4.90 Å². The van der Waals surface area contributed by atoms with Crippen molar-refractivity contribution in [3.05, 3.63) is 131 Å². The molecule has 0 aromatic heterocycles. The molecule has 1 unspecified atom stereocenters. The quantitative estimate of drug-likeness (QED) is 0.223. The lowest BCUT2D eigenvalue weighted by molar-refractivity contribution is -0.139. The SMILES string of the molecule is Cc1ccccc1CN(C(=O)Cc1ccccc1)C(C(=O)Nc1ccc(N2CCOCC2)cc1)c1ccc(C(C)C)cc1. The number of nitrogens with zero attached hydrogens (tertiary/aromatic N) is 2. The van der Waals surface area contributed by atoms with Gasteiger partial charge in [-0.05, 0) is 64.9 Å². The Morgan fingerprint density at radius 1 is 0.814 bits per heavy atom. The van der Waals surface area contributed by atoms with Gasteiger partial charge in [-0.3, -0.25) is 9.59 Å². The van der Waals surface area contributed by atoms with Gasteiger partial charge in [0.2, 0.25) is 5.91 Å². The van der Waals surface area contributed by atoms with Crippen LogP contribution in [0.3, 0.4) is 0 Å². The summed E-state index contributed by atoms with van der Waals surface area (Å²) < 4.78 is 5.48. The maximum absolute atomic E-state index is 14.3. The van der Waals surface area contributed by atoms with E-state index >= 15 is 0 Å². The average Bonchev–Trinajstić information content (AvgIpc) is 3.03. The molecular weight excluding hydrogens is 534 g/mol. The molecule has 43 heavy (non-hydrogen) atoms. The van der Waals surface area contributed by atoms with E-state index in [1.165, 1.54) is 5.56 Å². The van der Waals surface area contributed by atoms with Crippen LogP contribution in [0.2, 0.25) is 0 Å². The number of rotatable bonds is 10. The maximum atomic E-state index is 14.3. The number of aryl methyl sites for hydroxylation is 1. The fourth-order valence-corrected chi connectivity index (χ4v) is 5.49. The van der Waals surface area contributed by atoms with Crippen molar-refractivity contribution in [2.45, 2.75) is 45.7 Å². The molecule has 1 heterocycles. The summed E-state index contributed by atoms with van der Waals surface area (Å²) in [6, 6.07) is 32.9. The fraction of sp³-hybridized carbons (Fsp3) is 0.297. The number of amides is 2. The van der Waals surface area contributed by atoms with E-state index in [0.717, 1.165) is 41.0 Å². The molecule has 0 bridgehead atoms. The summed E-state index contributed by atoms with van der Waals surface area (Å²) in [5.41, 5.74) is 6.75. The smallest absolute Gasteiger partial charge is 0.251 e. The van der Waals surface area contributed by atoms with E-state index in [2.05, 4.69) is 36.2 Å². The molecule has 6 heteroatoms. The van der Waals surface area contributed by atoms with Crippen molar-refractivity contribution in [2.24, 2.45) is 0 Å². The molecule has 1 aliphatic rings. The minimum atomic E-state index is -0.823. The summed E-state index contributed by atoms with van der Waals surface area (Å²) >= 11 is 0. The van der Waals surface area contributed by atoms with Crippen LogP contribution >= 0.6 is 0 Å². The third-order valence-electron chi connectivity index (χ3n) is 8.11. The first-order valence-electron chi connectivity index (χ1n) is 15.1. The van der Waals surface area contributed by atoms with Gasteiger partial charge in [-0.15, -0.1) is 0 Å². The van der Waals surface area contributed by atoms with Crippen LogP contribution in [0.15, 0.2) is 103 Å². The lowest BCUT2D eigenvalue weighted by Crippen LogP contribution is -2.41. The van der Waals surface area contributed by atoms with Gasteiger partial charge in [-0.1, -0.05) is 92.7 Å². The molecule has 0 aliphatic carbocycles. The molecule has 2 amide bonds. The largest absolute Gasteiger partial charge is 0.378 e. The molecule has 1 saturated heterocycles. The van der Waals surface area contributed by atoms with Crippen molar-refractivity contribution in [3.63, 3.8) is 0 Å². The topological polar surface area (TPSA) is 61.9 Å².